The zero-order valence-corrected chi connectivity index (χ0v) is 17.1. The Labute approximate surface area is 171 Å². The second-order valence-corrected chi connectivity index (χ2v) is 8.03. The fraction of sp³-hybridized carbons (Fsp3) is 0.0870. The lowest BCUT2D eigenvalue weighted by Crippen LogP contribution is -2.15. The standard InChI is InChI=1S/C23H17BrO2S/c1-27-18-12-8-16(9-13-18)23-22(15-6-10-17(24)11-7-15)20(14-25)19-4-2-3-5-21(19)26-23/h2-14,20H,1H3. The van der Waals surface area contributed by atoms with Crippen molar-refractivity contribution in [3.8, 4) is 5.75 Å². The number of fused-ring (bicyclic) bond motifs is 1. The highest BCUT2D eigenvalue weighted by molar-refractivity contribution is 9.10. The number of hydrogen-bond donors (Lipinski definition) is 0. The maximum absolute atomic E-state index is 12.1. The second kappa shape index (κ2) is 7.75. The summed E-state index contributed by atoms with van der Waals surface area (Å²) in [6.07, 6.45) is 3.06. The molecule has 1 aliphatic heterocycles. The lowest BCUT2D eigenvalue weighted by molar-refractivity contribution is -0.108. The molecule has 0 aromatic heterocycles. The Bertz CT molecular complexity index is 1010. The molecular weight excluding hydrogens is 420 g/mol. The first-order valence-electron chi connectivity index (χ1n) is 8.58. The van der Waals surface area contributed by atoms with Crippen LogP contribution in [-0.4, -0.2) is 12.5 Å². The summed E-state index contributed by atoms with van der Waals surface area (Å²) in [6, 6.07) is 24.0. The molecule has 0 bridgehead atoms. The molecule has 2 nitrogen and oxygen atoms in total. The Kier molecular flexibility index (Phi) is 5.19. The number of hydrogen-bond acceptors (Lipinski definition) is 3. The van der Waals surface area contributed by atoms with Crippen LogP contribution in [0.4, 0.5) is 0 Å². The van der Waals surface area contributed by atoms with Gasteiger partial charge in [0, 0.05) is 26.1 Å². The largest absolute Gasteiger partial charge is 0.456 e. The normalized spacial score (nSPS) is 15.9. The Hall–Kier alpha value is -2.30. The number of carbonyl (C=O) groups excluding carboxylic acids is 1. The van der Waals surface area contributed by atoms with Gasteiger partial charge in [-0.15, -0.1) is 11.8 Å². The molecule has 27 heavy (non-hydrogen) atoms. The van der Waals surface area contributed by atoms with Crippen molar-refractivity contribution in [2.75, 3.05) is 6.26 Å². The van der Waals surface area contributed by atoms with Crippen molar-refractivity contribution < 1.29 is 9.53 Å². The summed E-state index contributed by atoms with van der Waals surface area (Å²) in [6.45, 7) is 0. The van der Waals surface area contributed by atoms with E-state index in [9.17, 15) is 4.79 Å². The smallest absolute Gasteiger partial charge is 0.139 e. The van der Waals surface area contributed by atoms with Gasteiger partial charge in [0.2, 0.25) is 0 Å². The van der Waals surface area contributed by atoms with Crippen LogP contribution in [0.15, 0.2) is 82.2 Å². The van der Waals surface area contributed by atoms with Crippen LogP contribution < -0.4 is 4.74 Å². The maximum atomic E-state index is 12.1. The van der Waals surface area contributed by atoms with Gasteiger partial charge in [0.15, 0.2) is 0 Å². The van der Waals surface area contributed by atoms with Gasteiger partial charge in [0.05, 0.1) is 5.92 Å². The first kappa shape index (κ1) is 18.1. The third-order valence-electron chi connectivity index (χ3n) is 4.67. The summed E-state index contributed by atoms with van der Waals surface area (Å²) in [4.78, 5) is 13.3. The van der Waals surface area contributed by atoms with Crippen LogP contribution in [0, 0.1) is 0 Å². The number of halogens is 1. The highest BCUT2D eigenvalue weighted by Gasteiger charge is 2.31. The zero-order valence-electron chi connectivity index (χ0n) is 14.7. The van der Waals surface area contributed by atoms with E-state index in [4.69, 9.17) is 4.74 Å². The van der Waals surface area contributed by atoms with Gasteiger partial charge in [-0.3, -0.25) is 0 Å². The van der Waals surface area contributed by atoms with Gasteiger partial charge in [-0.1, -0.05) is 58.4 Å². The molecule has 3 aromatic rings. The molecule has 0 N–H and O–H groups in total. The van der Waals surface area contributed by atoms with E-state index in [0.29, 0.717) is 0 Å². The molecular formula is C23H17BrO2S. The molecule has 0 radical (unpaired) electrons. The monoisotopic (exact) mass is 436 g/mol. The van der Waals surface area contributed by atoms with Crippen molar-refractivity contribution in [1.82, 2.24) is 0 Å². The quantitative estimate of drug-likeness (QED) is 0.348. The predicted molar refractivity (Wildman–Crippen MR) is 115 cm³/mol. The van der Waals surface area contributed by atoms with Crippen molar-refractivity contribution in [2.45, 2.75) is 10.8 Å². The summed E-state index contributed by atoms with van der Waals surface area (Å²) >= 11 is 5.18. The van der Waals surface area contributed by atoms with E-state index in [2.05, 4.69) is 46.5 Å². The molecule has 0 saturated carbocycles. The van der Waals surface area contributed by atoms with E-state index < -0.39 is 0 Å². The Morgan fingerprint density at radius 3 is 2.26 bits per heavy atom. The van der Waals surface area contributed by atoms with E-state index in [1.165, 1.54) is 4.90 Å². The number of benzene rings is 3. The highest BCUT2D eigenvalue weighted by Crippen LogP contribution is 2.46. The van der Waals surface area contributed by atoms with Crippen LogP contribution in [0.25, 0.3) is 11.3 Å². The Balaban J connectivity index is 1.94. The number of allylic oxidation sites excluding steroid dienone is 1. The molecule has 1 unspecified atom stereocenters. The van der Waals surface area contributed by atoms with E-state index in [-0.39, 0.29) is 5.92 Å². The van der Waals surface area contributed by atoms with Gasteiger partial charge >= 0.3 is 0 Å². The number of ether oxygens (including phenoxy) is 1. The van der Waals surface area contributed by atoms with Gasteiger partial charge in [0.25, 0.3) is 0 Å². The number of aldehydes is 1. The van der Waals surface area contributed by atoms with Gasteiger partial charge in [-0.05, 0) is 42.2 Å². The fourth-order valence-corrected chi connectivity index (χ4v) is 4.00. The molecule has 1 heterocycles. The van der Waals surface area contributed by atoms with Crippen LogP contribution in [0.5, 0.6) is 5.75 Å². The molecule has 0 fully saturated rings. The minimum Gasteiger partial charge on any atom is -0.456 e. The fourth-order valence-electron chi connectivity index (χ4n) is 3.33. The zero-order chi connectivity index (χ0) is 18.8. The molecule has 4 rings (SSSR count). The lowest BCUT2D eigenvalue weighted by atomic mass is 9.83. The second-order valence-electron chi connectivity index (χ2n) is 6.23. The maximum Gasteiger partial charge on any atom is 0.139 e. The summed E-state index contributed by atoms with van der Waals surface area (Å²) in [5.41, 5.74) is 3.74. The number of para-hydroxylation sites is 1. The van der Waals surface area contributed by atoms with Crippen molar-refractivity contribution in [1.29, 1.82) is 0 Å². The third kappa shape index (κ3) is 3.47. The molecule has 134 valence electrons. The van der Waals surface area contributed by atoms with Crippen molar-refractivity contribution in [2.24, 2.45) is 0 Å². The van der Waals surface area contributed by atoms with Crippen molar-refractivity contribution >= 4 is 45.3 Å². The van der Waals surface area contributed by atoms with E-state index in [1.807, 2.05) is 48.5 Å². The number of thioether (sulfide) groups is 1. The number of rotatable bonds is 4. The van der Waals surface area contributed by atoms with Crippen LogP contribution in [-0.2, 0) is 4.79 Å². The molecule has 0 saturated heterocycles. The molecule has 0 amide bonds. The molecule has 3 aromatic carbocycles. The first-order chi connectivity index (χ1) is 13.2. The Morgan fingerprint density at radius 1 is 0.926 bits per heavy atom. The lowest BCUT2D eigenvalue weighted by Gasteiger charge is -2.28. The minimum absolute atomic E-state index is 0.369. The predicted octanol–water partition coefficient (Wildman–Crippen LogP) is 6.41. The SMILES string of the molecule is CSc1ccc(C2=C(c3ccc(Br)cc3)C(C=O)c3ccccc3O2)cc1. The Morgan fingerprint density at radius 2 is 1.59 bits per heavy atom. The third-order valence-corrected chi connectivity index (χ3v) is 5.94. The van der Waals surface area contributed by atoms with Gasteiger partial charge < -0.3 is 9.53 Å². The van der Waals surface area contributed by atoms with Gasteiger partial charge in [-0.25, -0.2) is 0 Å². The van der Waals surface area contributed by atoms with Crippen LogP contribution in [0.3, 0.4) is 0 Å². The summed E-state index contributed by atoms with van der Waals surface area (Å²) < 4.78 is 7.32. The van der Waals surface area contributed by atoms with Crippen molar-refractivity contribution in [3.63, 3.8) is 0 Å². The topological polar surface area (TPSA) is 26.3 Å². The molecule has 1 atom stereocenters. The molecule has 0 spiro atoms. The van der Waals surface area contributed by atoms with Crippen LogP contribution >= 0.6 is 27.7 Å². The summed E-state index contributed by atoms with van der Waals surface area (Å²) in [5.74, 6) is 1.10. The van der Waals surface area contributed by atoms with Gasteiger partial charge in [-0.2, -0.15) is 0 Å². The highest BCUT2D eigenvalue weighted by atomic mass is 79.9. The van der Waals surface area contributed by atoms with E-state index >= 15 is 0 Å². The average Bonchev–Trinajstić information content (AvgIpc) is 2.73. The van der Waals surface area contributed by atoms with Crippen LogP contribution in [0.1, 0.15) is 22.6 Å². The van der Waals surface area contributed by atoms with Gasteiger partial charge in [0.1, 0.15) is 17.8 Å². The van der Waals surface area contributed by atoms with Crippen molar-refractivity contribution in [3.05, 3.63) is 94.0 Å². The first-order valence-corrected chi connectivity index (χ1v) is 10.6. The van der Waals surface area contributed by atoms with E-state index in [1.54, 1.807) is 11.8 Å². The summed E-state index contributed by atoms with van der Waals surface area (Å²) in [7, 11) is 0. The summed E-state index contributed by atoms with van der Waals surface area (Å²) in [5, 5.41) is 0. The minimum atomic E-state index is -0.369. The average molecular weight is 437 g/mol. The van der Waals surface area contributed by atoms with E-state index in [0.717, 1.165) is 44.5 Å². The number of carbonyl (C=O) groups is 1. The van der Waals surface area contributed by atoms with Crippen LogP contribution in [0.2, 0.25) is 0 Å². The molecule has 1 aliphatic rings. The molecule has 4 heteroatoms. The molecule has 0 aliphatic carbocycles.